The van der Waals surface area contributed by atoms with Crippen LogP contribution in [-0.2, 0) is 19.1 Å². The van der Waals surface area contributed by atoms with E-state index in [1.165, 1.54) is 31.8 Å². The van der Waals surface area contributed by atoms with Crippen molar-refractivity contribution in [2.45, 2.75) is 0 Å². The SMILES string of the molecule is COC(=O)C(=C/C(=O)c1ccsc1)/C(=C\N(C)C)C(=O)OC. The second kappa shape index (κ2) is 8.14. The Labute approximate surface area is 132 Å². The number of carbonyl (C=O) groups is 3. The third kappa shape index (κ3) is 4.56. The molecule has 0 N–H and O–H groups in total. The fraction of sp³-hybridized carbons (Fsp3) is 0.267. The highest BCUT2D eigenvalue weighted by Crippen LogP contribution is 2.17. The Morgan fingerprint density at radius 3 is 2.14 bits per heavy atom. The molecule has 1 aromatic rings. The monoisotopic (exact) mass is 323 g/mol. The summed E-state index contributed by atoms with van der Waals surface area (Å²) in [5.41, 5.74) is 0.225. The number of hydrogen-bond donors (Lipinski definition) is 0. The Balaban J connectivity index is 3.34. The first kappa shape index (κ1) is 17.6. The third-order valence-electron chi connectivity index (χ3n) is 2.57. The summed E-state index contributed by atoms with van der Waals surface area (Å²) in [6.45, 7) is 0. The summed E-state index contributed by atoms with van der Waals surface area (Å²) in [6.07, 6.45) is 2.48. The van der Waals surface area contributed by atoms with E-state index in [1.807, 2.05) is 0 Å². The Bertz CT molecular complexity index is 614. The molecule has 0 bridgehead atoms. The van der Waals surface area contributed by atoms with Gasteiger partial charge < -0.3 is 14.4 Å². The van der Waals surface area contributed by atoms with Gasteiger partial charge in [-0.05, 0) is 11.4 Å². The molecule has 7 heteroatoms. The maximum atomic E-state index is 12.2. The van der Waals surface area contributed by atoms with Crippen molar-refractivity contribution in [1.82, 2.24) is 4.90 Å². The van der Waals surface area contributed by atoms with E-state index in [9.17, 15) is 14.4 Å². The van der Waals surface area contributed by atoms with Gasteiger partial charge in [-0.1, -0.05) is 0 Å². The predicted molar refractivity (Wildman–Crippen MR) is 82.5 cm³/mol. The molecule has 0 saturated heterocycles. The summed E-state index contributed by atoms with van der Waals surface area (Å²) in [6, 6.07) is 1.63. The van der Waals surface area contributed by atoms with Gasteiger partial charge in [0.25, 0.3) is 0 Å². The van der Waals surface area contributed by atoms with E-state index >= 15 is 0 Å². The Hall–Kier alpha value is -2.41. The molecule has 1 rings (SSSR count). The number of thiophene rings is 1. The largest absolute Gasteiger partial charge is 0.465 e. The van der Waals surface area contributed by atoms with Crippen molar-refractivity contribution in [1.29, 1.82) is 0 Å². The smallest absolute Gasteiger partial charge is 0.340 e. The molecule has 0 radical (unpaired) electrons. The van der Waals surface area contributed by atoms with Crippen LogP contribution in [0.1, 0.15) is 10.4 Å². The molecule has 118 valence electrons. The van der Waals surface area contributed by atoms with E-state index < -0.39 is 17.7 Å². The summed E-state index contributed by atoms with van der Waals surface area (Å²) in [5, 5.41) is 3.40. The molecule has 0 atom stereocenters. The van der Waals surface area contributed by atoms with Gasteiger partial charge >= 0.3 is 11.9 Å². The van der Waals surface area contributed by atoms with Gasteiger partial charge in [0.2, 0.25) is 0 Å². The molecule has 0 aliphatic heterocycles. The van der Waals surface area contributed by atoms with Crippen LogP contribution < -0.4 is 0 Å². The Morgan fingerprint density at radius 2 is 1.68 bits per heavy atom. The fourth-order valence-electron chi connectivity index (χ4n) is 1.58. The van der Waals surface area contributed by atoms with Crippen LogP contribution in [-0.4, -0.2) is 50.9 Å². The molecule has 1 aromatic heterocycles. The van der Waals surface area contributed by atoms with Crippen LogP contribution in [0.5, 0.6) is 0 Å². The summed E-state index contributed by atoms with van der Waals surface area (Å²) in [5.74, 6) is -1.92. The number of hydrogen-bond acceptors (Lipinski definition) is 7. The zero-order valence-electron chi connectivity index (χ0n) is 12.8. The van der Waals surface area contributed by atoms with Crippen LogP contribution in [0, 0.1) is 0 Å². The van der Waals surface area contributed by atoms with E-state index in [4.69, 9.17) is 0 Å². The van der Waals surface area contributed by atoms with Gasteiger partial charge in [0.15, 0.2) is 5.78 Å². The number of carbonyl (C=O) groups excluding carboxylic acids is 3. The molecule has 22 heavy (non-hydrogen) atoms. The molecule has 0 aliphatic carbocycles. The van der Waals surface area contributed by atoms with E-state index in [0.29, 0.717) is 5.56 Å². The van der Waals surface area contributed by atoms with Crippen LogP contribution in [0.4, 0.5) is 0 Å². The maximum absolute atomic E-state index is 12.2. The Morgan fingerprint density at radius 1 is 1.09 bits per heavy atom. The van der Waals surface area contributed by atoms with E-state index in [-0.39, 0.29) is 11.1 Å². The van der Waals surface area contributed by atoms with Crippen LogP contribution in [0.15, 0.2) is 40.2 Å². The van der Waals surface area contributed by atoms with Crippen molar-refractivity contribution in [3.8, 4) is 0 Å². The van der Waals surface area contributed by atoms with Crippen molar-refractivity contribution in [3.05, 3.63) is 45.8 Å². The maximum Gasteiger partial charge on any atom is 0.340 e. The number of methoxy groups -OCH3 is 2. The average molecular weight is 323 g/mol. The molecular formula is C15H17NO5S. The molecular weight excluding hydrogens is 306 g/mol. The quantitative estimate of drug-likeness (QED) is 0.343. The standard InChI is InChI=1S/C15H17NO5S/c1-16(2)8-12(15(19)21-4)11(14(18)20-3)7-13(17)10-5-6-22-9-10/h5-9H,1-4H3/b11-7+,12-8+. The number of allylic oxidation sites excluding steroid dienone is 1. The molecule has 0 fully saturated rings. The van der Waals surface area contributed by atoms with E-state index in [2.05, 4.69) is 9.47 Å². The highest BCUT2D eigenvalue weighted by Gasteiger charge is 2.24. The first-order valence-electron chi connectivity index (χ1n) is 6.24. The summed E-state index contributed by atoms with van der Waals surface area (Å²) in [4.78, 5) is 37.6. The second-order valence-corrected chi connectivity index (χ2v) is 5.20. The minimum Gasteiger partial charge on any atom is -0.465 e. The summed E-state index contributed by atoms with van der Waals surface area (Å²) >= 11 is 1.36. The molecule has 0 aromatic carbocycles. The van der Waals surface area contributed by atoms with Crippen LogP contribution in [0.3, 0.4) is 0 Å². The molecule has 0 aliphatic rings. The van der Waals surface area contributed by atoms with Gasteiger partial charge in [-0.25, -0.2) is 9.59 Å². The summed E-state index contributed by atoms with van der Waals surface area (Å²) < 4.78 is 9.33. The number of esters is 2. The zero-order valence-corrected chi connectivity index (χ0v) is 13.6. The lowest BCUT2D eigenvalue weighted by Gasteiger charge is -2.12. The average Bonchev–Trinajstić information content (AvgIpc) is 3.03. The van der Waals surface area contributed by atoms with Crippen LogP contribution >= 0.6 is 11.3 Å². The summed E-state index contributed by atoms with van der Waals surface area (Å²) in [7, 11) is 5.73. The lowest BCUT2D eigenvalue weighted by atomic mass is 10.0. The van der Waals surface area contributed by atoms with Gasteiger partial charge in [0.05, 0.1) is 25.4 Å². The van der Waals surface area contributed by atoms with Crippen LogP contribution in [0.25, 0.3) is 0 Å². The molecule has 0 amide bonds. The highest BCUT2D eigenvalue weighted by atomic mass is 32.1. The number of nitrogens with zero attached hydrogens (tertiary/aromatic N) is 1. The van der Waals surface area contributed by atoms with Gasteiger partial charge in [0, 0.05) is 37.3 Å². The van der Waals surface area contributed by atoms with Crippen molar-refractivity contribution in [2.75, 3.05) is 28.3 Å². The Kier molecular flexibility index (Phi) is 6.52. The van der Waals surface area contributed by atoms with Crippen molar-refractivity contribution >= 4 is 29.1 Å². The first-order chi connectivity index (χ1) is 10.4. The molecule has 0 unspecified atom stereocenters. The van der Waals surface area contributed by atoms with Gasteiger partial charge in [-0.3, -0.25) is 4.79 Å². The predicted octanol–water partition coefficient (Wildman–Crippen LogP) is 1.65. The fourth-order valence-corrected chi connectivity index (χ4v) is 2.22. The highest BCUT2D eigenvalue weighted by molar-refractivity contribution is 7.08. The topological polar surface area (TPSA) is 72.9 Å². The normalized spacial score (nSPS) is 11.8. The molecule has 6 nitrogen and oxygen atoms in total. The van der Waals surface area contributed by atoms with Crippen molar-refractivity contribution < 1.29 is 23.9 Å². The van der Waals surface area contributed by atoms with Gasteiger partial charge in [0.1, 0.15) is 0 Å². The van der Waals surface area contributed by atoms with Gasteiger partial charge in [-0.15, -0.1) is 0 Å². The zero-order chi connectivity index (χ0) is 16.7. The van der Waals surface area contributed by atoms with E-state index in [1.54, 1.807) is 35.8 Å². The third-order valence-corrected chi connectivity index (χ3v) is 3.25. The molecule has 1 heterocycles. The van der Waals surface area contributed by atoms with Crippen molar-refractivity contribution in [3.63, 3.8) is 0 Å². The minimum absolute atomic E-state index is 0.0528. The van der Waals surface area contributed by atoms with Gasteiger partial charge in [-0.2, -0.15) is 11.3 Å². The second-order valence-electron chi connectivity index (χ2n) is 4.42. The number of rotatable bonds is 6. The van der Waals surface area contributed by atoms with Crippen LogP contribution in [0.2, 0.25) is 0 Å². The lowest BCUT2D eigenvalue weighted by Crippen LogP contribution is -2.19. The number of ketones is 1. The lowest BCUT2D eigenvalue weighted by molar-refractivity contribution is -0.139. The molecule has 0 spiro atoms. The van der Waals surface area contributed by atoms with Crippen molar-refractivity contribution in [2.24, 2.45) is 0 Å². The van der Waals surface area contributed by atoms with E-state index in [0.717, 1.165) is 6.08 Å². The minimum atomic E-state index is -0.790. The number of ether oxygens (including phenoxy) is 2. The molecule has 0 saturated carbocycles. The first-order valence-corrected chi connectivity index (χ1v) is 7.18.